The molecule has 1 atom stereocenters. The molecule has 0 aliphatic heterocycles. The maximum atomic E-state index is 12.8. The van der Waals surface area contributed by atoms with E-state index >= 15 is 0 Å². The summed E-state index contributed by atoms with van der Waals surface area (Å²) in [7, 11) is -2.11. The summed E-state index contributed by atoms with van der Waals surface area (Å²) in [5.41, 5.74) is 1.94. The average Bonchev–Trinajstić information content (AvgIpc) is 2.58. The van der Waals surface area contributed by atoms with Crippen molar-refractivity contribution in [2.75, 3.05) is 23.0 Å². The van der Waals surface area contributed by atoms with Crippen molar-refractivity contribution in [1.82, 2.24) is 0 Å². The van der Waals surface area contributed by atoms with E-state index in [0.717, 1.165) is 11.8 Å². The zero-order valence-corrected chi connectivity index (χ0v) is 16.2. The first-order valence-corrected chi connectivity index (χ1v) is 10.1. The highest BCUT2D eigenvalue weighted by Gasteiger charge is 2.31. The fraction of sp³-hybridized carbons (Fsp3) is 0.316. The number of hydrogen-bond acceptors (Lipinski definition) is 4. The van der Waals surface area contributed by atoms with Crippen LogP contribution in [0.4, 0.5) is 11.4 Å². The van der Waals surface area contributed by atoms with Crippen LogP contribution < -0.4 is 14.4 Å². The molecule has 1 N–H and O–H groups in total. The van der Waals surface area contributed by atoms with Crippen LogP contribution in [-0.4, -0.2) is 33.7 Å². The molecule has 0 unspecified atom stereocenters. The Hall–Kier alpha value is -2.54. The first-order chi connectivity index (χ1) is 12.3. The molecule has 26 heavy (non-hydrogen) atoms. The van der Waals surface area contributed by atoms with E-state index in [0.29, 0.717) is 23.5 Å². The van der Waals surface area contributed by atoms with Gasteiger partial charge in [-0.05, 0) is 43.2 Å². The van der Waals surface area contributed by atoms with Crippen molar-refractivity contribution in [3.8, 4) is 5.75 Å². The number of methoxy groups -OCH3 is 1. The van der Waals surface area contributed by atoms with Gasteiger partial charge in [-0.15, -0.1) is 0 Å². The SMILES string of the molecule is CC[C@H](C(=O)Nc1cccc(OC)c1)N(c1cccc(C)c1)S(C)(=O)=O. The fourth-order valence-corrected chi connectivity index (χ4v) is 3.96. The number of ether oxygens (including phenoxy) is 1. The smallest absolute Gasteiger partial charge is 0.248 e. The molecule has 0 aliphatic carbocycles. The van der Waals surface area contributed by atoms with Gasteiger partial charge in [-0.1, -0.05) is 25.1 Å². The Kier molecular flexibility index (Phi) is 6.26. The number of nitrogens with one attached hydrogen (secondary N) is 1. The summed E-state index contributed by atoms with van der Waals surface area (Å²) < 4.78 is 31.2. The van der Waals surface area contributed by atoms with Crippen LogP contribution in [0.25, 0.3) is 0 Å². The third-order valence-corrected chi connectivity index (χ3v) is 5.10. The number of carbonyl (C=O) groups excluding carboxylic acids is 1. The first kappa shape index (κ1) is 19.8. The van der Waals surface area contributed by atoms with Crippen LogP contribution >= 0.6 is 0 Å². The van der Waals surface area contributed by atoms with Crippen LogP contribution in [0.1, 0.15) is 18.9 Å². The van der Waals surface area contributed by atoms with Crippen molar-refractivity contribution in [3.05, 3.63) is 54.1 Å². The van der Waals surface area contributed by atoms with Crippen molar-refractivity contribution in [2.24, 2.45) is 0 Å². The van der Waals surface area contributed by atoms with E-state index < -0.39 is 22.0 Å². The summed E-state index contributed by atoms with van der Waals surface area (Å²) in [5, 5.41) is 2.78. The quantitative estimate of drug-likeness (QED) is 0.805. The van der Waals surface area contributed by atoms with Gasteiger partial charge < -0.3 is 10.1 Å². The highest BCUT2D eigenvalue weighted by Crippen LogP contribution is 2.25. The molecule has 0 heterocycles. The maximum Gasteiger partial charge on any atom is 0.248 e. The molecule has 7 heteroatoms. The maximum absolute atomic E-state index is 12.8. The molecule has 0 saturated carbocycles. The Morgan fingerprint density at radius 2 is 1.88 bits per heavy atom. The second kappa shape index (κ2) is 8.23. The molecule has 140 valence electrons. The van der Waals surface area contributed by atoms with Gasteiger partial charge in [0, 0.05) is 11.8 Å². The van der Waals surface area contributed by atoms with Crippen molar-refractivity contribution in [3.63, 3.8) is 0 Å². The molecule has 0 saturated heterocycles. The molecule has 0 spiro atoms. The van der Waals surface area contributed by atoms with Gasteiger partial charge >= 0.3 is 0 Å². The Bertz CT molecular complexity index is 881. The molecule has 2 aromatic rings. The van der Waals surface area contributed by atoms with E-state index in [2.05, 4.69) is 5.32 Å². The summed E-state index contributed by atoms with van der Waals surface area (Å²) >= 11 is 0. The largest absolute Gasteiger partial charge is 0.497 e. The van der Waals surface area contributed by atoms with E-state index in [9.17, 15) is 13.2 Å². The van der Waals surface area contributed by atoms with Crippen LogP contribution in [0.15, 0.2) is 48.5 Å². The first-order valence-electron chi connectivity index (χ1n) is 8.27. The van der Waals surface area contributed by atoms with Gasteiger partial charge in [-0.25, -0.2) is 8.42 Å². The Balaban J connectivity index is 2.36. The van der Waals surface area contributed by atoms with Crippen LogP contribution in [0, 0.1) is 6.92 Å². The Labute approximate surface area is 154 Å². The van der Waals surface area contributed by atoms with E-state index in [1.807, 2.05) is 13.0 Å². The summed E-state index contributed by atoms with van der Waals surface area (Å²) in [4.78, 5) is 12.8. The average molecular weight is 376 g/mol. The number of carbonyl (C=O) groups is 1. The number of anilines is 2. The topological polar surface area (TPSA) is 75.7 Å². The summed E-state index contributed by atoms with van der Waals surface area (Å²) in [6.07, 6.45) is 1.44. The lowest BCUT2D eigenvalue weighted by atomic mass is 10.1. The van der Waals surface area contributed by atoms with E-state index in [4.69, 9.17) is 4.74 Å². The van der Waals surface area contributed by atoms with Gasteiger partial charge in [0.2, 0.25) is 15.9 Å². The lowest BCUT2D eigenvalue weighted by Gasteiger charge is -2.30. The van der Waals surface area contributed by atoms with E-state index in [-0.39, 0.29) is 0 Å². The van der Waals surface area contributed by atoms with Crippen molar-refractivity contribution in [2.45, 2.75) is 26.3 Å². The van der Waals surface area contributed by atoms with Crippen LogP contribution in [-0.2, 0) is 14.8 Å². The van der Waals surface area contributed by atoms with Crippen molar-refractivity contribution < 1.29 is 17.9 Å². The van der Waals surface area contributed by atoms with Crippen molar-refractivity contribution in [1.29, 1.82) is 0 Å². The zero-order valence-electron chi connectivity index (χ0n) is 15.4. The molecule has 0 aromatic heterocycles. The fourth-order valence-electron chi connectivity index (χ4n) is 2.75. The number of rotatable bonds is 7. The monoisotopic (exact) mass is 376 g/mol. The third kappa shape index (κ3) is 4.76. The van der Waals surface area contributed by atoms with Gasteiger partial charge in [-0.3, -0.25) is 9.10 Å². The van der Waals surface area contributed by atoms with E-state index in [1.54, 1.807) is 56.5 Å². The molecule has 2 rings (SSSR count). The lowest BCUT2D eigenvalue weighted by Crippen LogP contribution is -2.47. The van der Waals surface area contributed by atoms with Crippen LogP contribution in [0.5, 0.6) is 5.75 Å². The van der Waals surface area contributed by atoms with Gasteiger partial charge in [0.25, 0.3) is 0 Å². The number of sulfonamides is 1. The molecule has 0 aliphatic rings. The second-order valence-electron chi connectivity index (χ2n) is 6.04. The lowest BCUT2D eigenvalue weighted by molar-refractivity contribution is -0.117. The molecule has 0 bridgehead atoms. The molecule has 1 amide bonds. The number of benzene rings is 2. The highest BCUT2D eigenvalue weighted by molar-refractivity contribution is 7.92. The number of aryl methyl sites for hydroxylation is 1. The minimum Gasteiger partial charge on any atom is -0.497 e. The molecular weight excluding hydrogens is 352 g/mol. The summed E-state index contributed by atoms with van der Waals surface area (Å²) in [6.45, 7) is 3.66. The third-order valence-electron chi connectivity index (χ3n) is 3.92. The molecule has 0 radical (unpaired) electrons. The number of amides is 1. The molecule has 6 nitrogen and oxygen atoms in total. The summed E-state index contributed by atoms with van der Waals surface area (Å²) in [5.74, 6) is 0.210. The number of hydrogen-bond donors (Lipinski definition) is 1. The summed E-state index contributed by atoms with van der Waals surface area (Å²) in [6, 6.07) is 13.2. The van der Waals surface area contributed by atoms with E-state index in [1.165, 1.54) is 4.31 Å². The minimum absolute atomic E-state index is 0.330. The van der Waals surface area contributed by atoms with Crippen molar-refractivity contribution >= 4 is 27.3 Å². The van der Waals surface area contributed by atoms with Gasteiger partial charge in [0.05, 0.1) is 19.1 Å². The predicted molar refractivity (Wildman–Crippen MR) is 104 cm³/mol. The number of nitrogens with zero attached hydrogens (tertiary/aromatic N) is 1. The zero-order chi connectivity index (χ0) is 19.3. The Morgan fingerprint density at radius 1 is 1.19 bits per heavy atom. The molecule has 0 fully saturated rings. The van der Waals surface area contributed by atoms with Gasteiger partial charge in [0.15, 0.2) is 0 Å². The second-order valence-corrected chi connectivity index (χ2v) is 7.90. The van der Waals surface area contributed by atoms with Gasteiger partial charge in [-0.2, -0.15) is 0 Å². The standard InChI is InChI=1S/C19H24N2O4S/c1-5-18(19(22)20-15-9-7-11-17(13-15)25-3)21(26(4,23)24)16-10-6-8-14(2)12-16/h6-13,18H,5H2,1-4H3,(H,20,22)/t18-/m1/s1. The molecular formula is C19H24N2O4S. The normalized spacial score (nSPS) is 12.3. The van der Waals surface area contributed by atoms with Crippen LogP contribution in [0.3, 0.4) is 0 Å². The van der Waals surface area contributed by atoms with Crippen LogP contribution in [0.2, 0.25) is 0 Å². The molecule has 2 aromatic carbocycles. The predicted octanol–water partition coefficient (Wildman–Crippen LogP) is 3.19. The Morgan fingerprint density at radius 3 is 2.46 bits per heavy atom. The minimum atomic E-state index is -3.65. The van der Waals surface area contributed by atoms with Gasteiger partial charge in [0.1, 0.15) is 11.8 Å². The highest BCUT2D eigenvalue weighted by atomic mass is 32.2.